The van der Waals surface area contributed by atoms with Crippen LogP contribution >= 0.6 is 0 Å². The Labute approximate surface area is 132 Å². The predicted molar refractivity (Wildman–Crippen MR) is 87.0 cm³/mol. The fourth-order valence-corrected chi connectivity index (χ4v) is 3.78. The Bertz CT molecular complexity index is 597. The molecule has 0 aliphatic carbocycles. The molecule has 1 aromatic rings. The third-order valence-electron chi connectivity index (χ3n) is 5.01. The Hall–Kier alpha value is -1.55. The van der Waals surface area contributed by atoms with Gasteiger partial charge in [-0.05, 0) is 57.4 Å². The average Bonchev–Trinajstić information content (AvgIpc) is 2.97. The molecule has 120 valence electrons. The van der Waals surface area contributed by atoms with Crippen molar-refractivity contribution in [3.63, 3.8) is 0 Å². The maximum Gasteiger partial charge on any atom is 0.239 e. The molecule has 1 N–H and O–H groups in total. The summed E-state index contributed by atoms with van der Waals surface area (Å²) in [6.45, 7) is 8.09. The SMILES string of the molecule is CNC(=O)C1(C)CCCN1Cc1ccc2c(c1)CC(C)(C)O2. The predicted octanol–water partition coefficient (Wildman–Crippen LogP) is 2.50. The molecule has 1 amide bonds. The number of nitrogens with zero attached hydrogens (tertiary/aromatic N) is 1. The highest BCUT2D eigenvalue weighted by atomic mass is 16.5. The summed E-state index contributed by atoms with van der Waals surface area (Å²) in [4.78, 5) is 14.5. The fourth-order valence-electron chi connectivity index (χ4n) is 3.78. The second kappa shape index (κ2) is 5.27. The molecule has 2 aliphatic rings. The van der Waals surface area contributed by atoms with E-state index in [0.29, 0.717) is 0 Å². The number of fused-ring (bicyclic) bond motifs is 1. The van der Waals surface area contributed by atoms with Crippen molar-refractivity contribution in [2.24, 2.45) is 0 Å². The second-order valence-corrected chi connectivity index (χ2v) is 7.36. The van der Waals surface area contributed by atoms with Gasteiger partial charge < -0.3 is 10.1 Å². The standard InChI is InChI=1S/C18H26N2O2/c1-17(2)11-14-10-13(6-7-15(14)22-17)12-20-9-5-8-18(20,3)16(21)19-4/h6-7,10H,5,8-9,11-12H2,1-4H3,(H,19,21). The number of likely N-dealkylation sites (N-methyl/N-ethyl adjacent to an activating group) is 1. The van der Waals surface area contributed by atoms with E-state index in [1.165, 1.54) is 11.1 Å². The van der Waals surface area contributed by atoms with E-state index in [9.17, 15) is 4.79 Å². The van der Waals surface area contributed by atoms with Gasteiger partial charge in [0.1, 0.15) is 11.4 Å². The van der Waals surface area contributed by atoms with E-state index in [-0.39, 0.29) is 17.0 Å². The summed E-state index contributed by atoms with van der Waals surface area (Å²) < 4.78 is 5.94. The number of carbonyl (C=O) groups is 1. The van der Waals surface area contributed by atoms with E-state index in [1.54, 1.807) is 7.05 Å². The van der Waals surface area contributed by atoms with Gasteiger partial charge in [-0.15, -0.1) is 0 Å². The number of amides is 1. The Morgan fingerprint density at radius 1 is 1.36 bits per heavy atom. The van der Waals surface area contributed by atoms with Crippen molar-refractivity contribution < 1.29 is 9.53 Å². The van der Waals surface area contributed by atoms with Crippen LogP contribution in [0, 0.1) is 0 Å². The van der Waals surface area contributed by atoms with Crippen LogP contribution in [0.1, 0.15) is 44.7 Å². The molecular weight excluding hydrogens is 276 g/mol. The van der Waals surface area contributed by atoms with Crippen molar-refractivity contribution in [3.05, 3.63) is 29.3 Å². The number of carbonyl (C=O) groups excluding carboxylic acids is 1. The lowest BCUT2D eigenvalue weighted by Gasteiger charge is -2.33. The lowest BCUT2D eigenvalue weighted by atomic mass is 9.96. The van der Waals surface area contributed by atoms with Gasteiger partial charge in [0.15, 0.2) is 0 Å². The van der Waals surface area contributed by atoms with Crippen molar-refractivity contribution in [2.45, 2.75) is 57.7 Å². The topological polar surface area (TPSA) is 41.6 Å². The molecule has 0 saturated carbocycles. The minimum atomic E-state index is -0.385. The molecule has 1 unspecified atom stereocenters. The molecule has 0 bridgehead atoms. The van der Waals surface area contributed by atoms with Crippen LogP contribution in [0.25, 0.3) is 0 Å². The van der Waals surface area contributed by atoms with Gasteiger partial charge >= 0.3 is 0 Å². The third kappa shape index (κ3) is 2.60. The largest absolute Gasteiger partial charge is 0.487 e. The van der Waals surface area contributed by atoms with Gasteiger partial charge in [0, 0.05) is 20.0 Å². The summed E-state index contributed by atoms with van der Waals surface area (Å²) in [5, 5.41) is 2.82. The molecule has 22 heavy (non-hydrogen) atoms. The molecule has 4 heteroatoms. The number of rotatable bonds is 3. The fraction of sp³-hybridized carbons (Fsp3) is 0.611. The van der Waals surface area contributed by atoms with Crippen LogP contribution in [0.15, 0.2) is 18.2 Å². The number of hydrogen-bond acceptors (Lipinski definition) is 3. The number of ether oxygens (including phenoxy) is 1. The number of likely N-dealkylation sites (tertiary alicyclic amines) is 1. The first-order chi connectivity index (χ1) is 10.3. The molecular formula is C18H26N2O2. The monoisotopic (exact) mass is 302 g/mol. The molecule has 2 heterocycles. The van der Waals surface area contributed by atoms with Crippen LogP contribution < -0.4 is 10.1 Å². The molecule has 2 aliphatic heterocycles. The van der Waals surface area contributed by atoms with Crippen molar-refractivity contribution in [2.75, 3.05) is 13.6 Å². The summed E-state index contributed by atoms with van der Waals surface area (Å²) in [6.07, 6.45) is 2.95. The van der Waals surface area contributed by atoms with E-state index in [2.05, 4.69) is 49.2 Å². The highest BCUT2D eigenvalue weighted by molar-refractivity contribution is 5.85. The number of benzene rings is 1. The van der Waals surface area contributed by atoms with Gasteiger partial charge in [0.25, 0.3) is 0 Å². The zero-order valence-corrected chi connectivity index (χ0v) is 14.0. The quantitative estimate of drug-likeness (QED) is 0.933. The maximum atomic E-state index is 12.2. The zero-order valence-electron chi connectivity index (χ0n) is 14.0. The Kier molecular flexibility index (Phi) is 3.68. The van der Waals surface area contributed by atoms with Crippen LogP contribution in [-0.2, 0) is 17.8 Å². The minimum absolute atomic E-state index is 0.106. The van der Waals surface area contributed by atoms with Crippen molar-refractivity contribution in [1.29, 1.82) is 0 Å². The van der Waals surface area contributed by atoms with Crippen LogP contribution in [0.5, 0.6) is 5.75 Å². The molecule has 1 fully saturated rings. The lowest BCUT2D eigenvalue weighted by Crippen LogP contribution is -2.52. The van der Waals surface area contributed by atoms with Crippen LogP contribution in [0.2, 0.25) is 0 Å². The van der Waals surface area contributed by atoms with Gasteiger partial charge in [-0.1, -0.05) is 12.1 Å². The first-order valence-electron chi connectivity index (χ1n) is 8.12. The average molecular weight is 302 g/mol. The Morgan fingerprint density at radius 3 is 2.86 bits per heavy atom. The van der Waals surface area contributed by atoms with Crippen molar-refractivity contribution >= 4 is 5.91 Å². The first kappa shape index (κ1) is 15.3. The molecule has 1 aromatic carbocycles. The van der Waals surface area contributed by atoms with Crippen molar-refractivity contribution in [1.82, 2.24) is 10.2 Å². The molecule has 1 saturated heterocycles. The molecule has 3 rings (SSSR count). The van der Waals surface area contributed by atoms with E-state index < -0.39 is 0 Å². The third-order valence-corrected chi connectivity index (χ3v) is 5.01. The normalized spacial score (nSPS) is 26.5. The van der Waals surface area contributed by atoms with Gasteiger partial charge in [0.05, 0.1) is 5.54 Å². The Balaban J connectivity index is 1.78. The lowest BCUT2D eigenvalue weighted by molar-refractivity contribution is -0.130. The summed E-state index contributed by atoms with van der Waals surface area (Å²) in [6, 6.07) is 6.45. The van der Waals surface area contributed by atoms with E-state index in [1.807, 2.05) is 0 Å². The highest BCUT2D eigenvalue weighted by Crippen LogP contribution is 2.36. The molecule has 4 nitrogen and oxygen atoms in total. The Morgan fingerprint density at radius 2 is 2.14 bits per heavy atom. The molecule has 0 radical (unpaired) electrons. The van der Waals surface area contributed by atoms with Gasteiger partial charge in [-0.25, -0.2) is 0 Å². The molecule has 0 aromatic heterocycles. The van der Waals surface area contributed by atoms with E-state index >= 15 is 0 Å². The molecule has 0 spiro atoms. The smallest absolute Gasteiger partial charge is 0.239 e. The summed E-state index contributed by atoms with van der Waals surface area (Å²) in [5.74, 6) is 1.12. The van der Waals surface area contributed by atoms with E-state index in [4.69, 9.17) is 4.74 Å². The summed E-state index contributed by atoms with van der Waals surface area (Å²) >= 11 is 0. The minimum Gasteiger partial charge on any atom is -0.487 e. The number of hydrogen-bond donors (Lipinski definition) is 1. The van der Waals surface area contributed by atoms with Crippen LogP contribution in [-0.4, -0.2) is 35.5 Å². The number of nitrogens with one attached hydrogen (secondary N) is 1. The van der Waals surface area contributed by atoms with Gasteiger partial charge in [-0.3, -0.25) is 9.69 Å². The zero-order chi connectivity index (χ0) is 16.0. The van der Waals surface area contributed by atoms with Crippen molar-refractivity contribution in [3.8, 4) is 5.75 Å². The van der Waals surface area contributed by atoms with Gasteiger partial charge in [0.2, 0.25) is 5.91 Å². The summed E-state index contributed by atoms with van der Waals surface area (Å²) in [7, 11) is 1.72. The van der Waals surface area contributed by atoms with Crippen LogP contribution in [0.3, 0.4) is 0 Å². The highest BCUT2D eigenvalue weighted by Gasteiger charge is 2.42. The first-order valence-corrected chi connectivity index (χ1v) is 8.12. The molecule has 1 atom stereocenters. The van der Waals surface area contributed by atoms with E-state index in [0.717, 1.165) is 38.1 Å². The van der Waals surface area contributed by atoms with Crippen LogP contribution in [0.4, 0.5) is 0 Å². The summed E-state index contributed by atoms with van der Waals surface area (Å²) in [5.41, 5.74) is 2.05. The van der Waals surface area contributed by atoms with Gasteiger partial charge in [-0.2, -0.15) is 0 Å². The maximum absolute atomic E-state index is 12.2. The second-order valence-electron chi connectivity index (χ2n) is 7.36.